The predicted octanol–water partition coefficient (Wildman–Crippen LogP) is 2.39. The number of hydrogen-bond donors (Lipinski definition) is 1. The molecule has 0 bridgehead atoms. The van der Waals surface area contributed by atoms with E-state index in [4.69, 9.17) is 0 Å². The zero-order valence-electron chi connectivity index (χ0n) is 12.2. The molecular weight excluding hydrogens is 324 g/mol. The lowest BCUT2D eigenvalue weighted by molar-refractivity contribution is -0.121. The molecule has 1 N–H and O–H groups in total. The number of thioether (sulfide) groups is 1. The van der Waals surface area contributed by atoms with Crippen molar-refractivity contribution in [3.05, 3.63) is 29.8 Å². The molecule has 2 aliphatic rings. The van der Waals surface area contributed by atoms with Crippen LogP contribution in [0.1, 0.15) is 19.3 Å². The van der Waals surface area contributed by atoms with Gasteiger partial charge < -0.3 is 10.2 Å². The Kier molecular flexibility index (Phi) is 4.61. The van der Waals surface area contributed by atoms with Crippen molar-refractivity contribution in [2.45, 2.75) is 24.5 Å². The van der Waals surface area contributed by atoms with E-state index in [2.05, 4.69) is 10.3 Å². The minimum atomic E-state index is -0.849. The molecule has 0 saturated carbocycles. The van der Waals surface area contributed by atoms with Gasteiger partial charge in [0.25, 0.3) is 5.91 Å². The summed E-state index contributed by atoms with van der Waals surface area (Å²) in [5, 5.41) is 2.43. The minimum Gasteiger partial charge on any atom is -0.351 e. The Morgan fingerprint density at radius 2 is 2.09 bits per heavy atom. The molecule has 3 rings (SSSR count). The number of amides is 2. The van der Waals surface area contributed by atoms with Crippen LogP contribution in [0.5, 0.6) is 0 Å². The first kappa shape index (κ1) is 15.9. The average molecular weight is 339 g/mol. The summed E-state index contributed by atoms with van der Waals surface area (Å²) >= 11 is 1.27. The van der Waals surface area contributed by atoms with Crippen LogP contribution in [-0.4, -0.2) is 40.2 Å². The number of nitrogens with one attached hydrogen (secondary N) is 1. The lowest BCUT2D eigenvalue weighted by Gasteiger charge is -2.16. The van der Waals surface area contributed by atoms with E-state index in [1.54, 1.807) is 0 Å². The van der Waals surface area contributed by atoms with Gasteiger partial charge in [0, 0.05) is 25.6 Å². The number of rotatable bonds is 3. The molecule has 0 aliphatic carbocycles. The summed E-state index contributed by atoms with van der Waals surface area (Å²) < 4.78 is 26.3. The molecule has 0 unspecified atom stereocenters. The minimum absolute atomic E-state index is 0.0961. The van der Waals surface area contributed by atoms with Crippen LogP contribution in [0.4, 0.5) is 14.5 Å². The molecule has 1 aromatic carbocycles. The summed E-state index contributed by atoms with van der Waals surface area (Å²) in [6.45, 7) is 1.75. The molecule has 122 valence electrons. The summed E-state index contributed by atoms with van der Waals surface area (Å²) in [4.78, 5) is 29.9. The van der Waals surface area contributed by atoms with Gasteiger partial charge in [-0.05, 0) is 25.0 Å². The molecule has 5 nitrogen and oxygen atoms in total. The van der Waals surface area contributed by atoms with Gasteiger partial charge in [-0.1, -0.05) is 11.8 Å². The Morgan fingerprint density at radius 1 is 1.35 bits per heavy atom. The van der Waals surface area contributed by atoms with Gasteiger partial charge in [0.1, 0.15) is 16.9 Å². The zero-order chi connectivity index (χ0) is 16.4. The van der Waals surface area contributed by atoms with Gasteiger partial charge in [-0.2, -0.15) is 4.99 Å². The van der Waals surface area contributed by atoms with Crippen LogP contribution in [0.2, 0.25) is 0 Å². The summed E-state index contributed by atoms with van der Waals surface area (Å²) in [6, 6.07) is 2.90. The van der Waals surface area contributed by atoms with Crippen molar-refractivity contribution in [1.29, 1.82) is 0 Å². The maximum absolute atomic E-state index is 13.5. The highest BCUT2D eigenvalue weighted by Gasteiger charge is 2.33. The molecule has 1 aromatic rings. The molecule has 2 amide bonds. The largest absolute Gasteiger partial charge is 0.351 e. The zero-order valence-corrected chi connectivity index (χ0v) is 13.0. The van der Waals surface area contributed by atoms with E-state index >= 15 is 0 Å². The second-order valence-corrected chi connectivity index (χ2v) is 6.58. The van der Waals surface area contributed by atoms with E-state index in [9.17, 15) is 18.4 Å². The van der Waals surface area contributed by atoms with Crippen LogP contribution in [0.3, 0.4) is 0 Å². The SMILES string of the molecule is O=C(C[C@@H]1SC(N2CCCC2)=NC1=O)Nc1ccc(F)cc1F. The first-order valence-electron chi connectivity index (χ1n) is 7.32. The third-order valence-electron chi connectivity index (χ3n) is 3.68. The number of amidine groups is 1. The van der Waals surface area contributed by atoms with E-state index < -0.39 is 22.8 Å². The van der Waals surface area contributed by atoms with Crippen LogP contribution >= 0.6 is 11.8 Å². The fraction of sp³-hybridized carbons (Fsp3) is 0.400. The molecule has 1 atom stereocenters. The van der Waals surface area contributed by atoms with Crippen molar-refractivity contribution in [2.75, 3.05) is 18.4 Å². The Hall–Kier alpha value is -1.96. The fourth-order valence-electron chi connectivity index (χ4n) is 2.51. The van der Waals surface area contributed by atoms with Crippen molar-refractivity contribution in [3.8, 4) is 0 Å². The molecule has 0 radical (unpaired) electrons. The fourth-order valence-corrected chi connectivity index (χ4v) is 3.63. The Bertz CT molecular complexity index is 675. The van der Waals surface area contributed by atoms with Crippen LogP contribution < -0.4 is 5.32 Å². The Balaban J connectivity index is 1.57. The normalized spacial score (nSPS) is 20.8. The van der Waals surface area contributed by atoms with Gasteiger partial charge >= 0.3 is 0 Å². The third-order valence-corrected chi connectivity index (χ3v) is 4.89. The highest BCUT2D eigenvalue weighted by molar-refractivity contribution is 8.15. The summed E-state index contributed by atoms with van der Waals surface area (Å²) in [6.07, 6.45) is 2.05. The molecule has 1 saturated heterocycles. The molecule has 1 fully saturated rings. The van der Waals surface area contributed by atoms with Crippen LogP contribution in [0, 0.1) is 11.6 Å². The molecule has 2 heterocycles. The number of anilines is 1. The molecule has 0 aromatic heterocycles. The average Bonchev–Trinajstić information content (AvgIpc) is 3.13. The summed E-state index contributed by atoms with van der Waals surface area (Å²) in [5.74, 6) is -2.41. The molecule has 23 heavy (non-hydrogen) atoms. The van der Waals surface area contributed by atoms with Crippen molar-refractivity contribution < 1.29 is 18.4 Å². The first-order chi connectivity index (χ1) is 11.0. The number of carbonyl (C=O) groups excluding carboxylic acids is 2. The third kappa shape index (κ3) is 3.69. The van der Waals surface area contributed by atoms with Gasteiger partial charge in [0.2, 0.25) is 5.91 Å². The van der Waals surface area contributed by atoms with Crippen molar-refractivity contribution in [2.24, 2.45) is 4.99 Å². The lowest BCUT2D eigenvalue weighted by Crippen LogP contribution is -2.25. The smallest absolute Gasteiger partial charge is 0.262 e. The summed E-state index contributed by atoms with van der Waals surface area (Å²) in [7, 11) is 0. The molecule has 8 heteroatoms. The maximum atomic E-state index is 13.5. The number of aliphatic imine (C=N–C) groups is 1. The van der Waals surface area contributed by atoms with Gasteiger partial charge in [0.15, 0.2) is 5.17 Å². The van der Waals surface area contributed by atoms with E-state index in [0.29, 0.717) is 11.2 Å². The first-order valence-corrected chi connectivity index (χ1v) is 8.20. The highest BCUT2D eigenvalue weighted by Crippen LogP contribution is 2.29. The predicted molar refractivity (Wildman–Crippen MR) is 84.2 cm³/mol. The van der Waals surface area contributed by atoms with Crippen molar-refractivity contribution >= 4 is 34.4 Å². The Morgan fingerprint density at radius 3 is 2.78 bits per heavy atom. The van der Waals surface area contributed by atoms with E-state index in [1.807, 2.05) is 4.90 Å². The molecular formula is C15H15F2N3O2S. The van der Waals surface area contributed by atoms with Crippen LogP contribution in [-0.2, 0) is 9.59 Å². The monoisotopic (exact) mass is 339 g/mol. The van der Waals surface area contributed by atoms with E-state index in [1.165, 1.54) is 11.8 Å². The maximum Gasteiger partial charge on any atom is 0.262 e. The standard InChI is InChI=1S/C15H15F2N3O2S/c16-9-3-4-11(10(17)7-9)18-13(21)8-12-14(22)19-15(23-12)20-5-1-2-6-20/h3-4,7,12H,1-2,5-6,8H2,(H,18,21)/t12-/m0/s1. The van der Waals surface area contributed by atoms with E-state index in [0.717, 1.165) is 38.1 Å². The topological polar surface area (TPSA) is 61.8 Å². The number of carbonyl (C=O) groups is 2. The van der Waals surface area contributed by atoms with Crippen molar-refractivity contribution in [3.63, 3.8) is 0 Å². The van der Waals surface area contributed by atoms with Crippen LogP contribution in [0.15, 0.2) is 23.2 Å². The molecule has 2 aliphatic heterocycles. The van der Waals surface area contributed by atoms with Gasteiger partial charge in [-0.3, -0.25) is 9.59 Å². The van der Waals surface area contributed by atoms with Gasteiger partial charge in [0.05, 0.1) is 5.69 Å². The van der Waals surface area contributed by atoms with E-state index in [-0.39, 0.29) is 18.0 Å². The number of nitrogens with zero attached hydrogens (tertiary/aromatic N) is 2. The second-order valence-electron chi connectivity index (χ2n) is 5.41. The quantitative estimate of drug-likeness (QED) is 0.918. The second kappa shape index (κ2) is 6.66. The highest BCUT2D eigenvalue weighted by atomic mass is 32.2. The number of benzene rings is 1. The number of halogens is 2. The number of likely N-dealkylation sites (tertiary alicyclic amines) is 1. The number of hydrogen-bond acceptors (Lipinski definition) is 4. The lowest BCUT2D eigenvalue weighted by atomic mass is 10.2. The van der Waals surface area contributed by atoms with Gasteiger partial charge in [-0.15, -0.1) is 0 Å². The van der Waals surface area contributed by atoms with Crippen molar-refractivity contribution in [1.82, 2.24) is 4.90 Å². The summed E-state index contributed by atoms with van der Waals surface area (Å²) in [5.41, 5.74) is -0.104. The van der Waals surface area contributed by atoms with Crippen LogP contribution in [0.25, 0.3) is 0 Å². The van der Waals surface area contributed by atoms with Gasteiger partial charge in [-0.25, -0.2) is 8.78 Å². The Labute approximate surface area is 136 Å². The molecule has 0 spiro atoms.